The van der Waals surface area contributed by atoms with Crippen molar-refractivity contribution in [2.24, 2.45) is 0 Å². The SMILES string of the molecule is CCCS(=O)CC(O)(CNc1ccc(C#N)c(C(F)(F)F)c1)c1ccc(F)cc1. The Balaban J connectivity index is 2.31. The van der Waals surface area contributed by atoms with E-state index in [1.54, 1.807) is 0 Å². The zero-order valence-electron chi connectivity index (χ0n) is 15.6. The second kappa shape index (κ2) is 9.37. The minimum atomic E-state index is -4.71. The van der Waals surface area contributed by atoms with Crippen molar-refractivity contribution < 1.29 is 26.9 Å². The molecule has 2 atom stereocenters. The van der Waals surface area contributed by atoms with Crippen LogP contribution >= 0.6 is 0 Å². The van der Waals surface area contributed by atoms with Gasteiger partial charge in [-0.15, -0.1) is 0 Å². The van der Waals surface area contributed by atoms with Crippen LogP contribution in [-0.4, -0.2) is 27.4 Å². The van der Waals surface area contributed by atoms with Gasteiger partial charge in [-0.05, 0) is 42.3 Å². The van der Waals surface area contributed by atoms with E-state index in [1.165, 1.54) is 24.3 Å². The normalized spacial score (nSPS) is 14.7. The summed E-state index contributed by atoms with van der Waals surface area (Å²) in [6.45, 7) is 1.58. The molecule has 156 valence electrons. The number of alkyl halides is 3. The minimum absolute atomic E-state index is 0.0399. The predicted molar refractivity (Wildman–Crippen MR) is 103 cm³/mol. The first-order chi connectivity index (χ1) is 13.6. The molecule has 2 rings (SSSR count). The van der Waals surface area contributed by atoms with E-state index in [4.69, 9.17) is 5.26 Å². The maximum atomic E-state index is 13.2. The average Bonchev–Trinajstić information content (AvgIpc) is 2.66. The summed E-state index contributed by atoms with van der Waals surface area (Å²) in [6.07, 6.45) is -4.08. The van der Waals surface area contributed by atoms with Gasteiger partial charge in [-0.3, -0.25) is 4.21 Å². The van der Waals surface area contributed by atoms with E-state index in [9.17, 15) is 26.9 Å². The van der Waals surface area contributed by atoms with Crippen molar-refractivity contribution in [1.29, 1.82) is 5.26 Å². The molecule has 2 unspecified atom stereocenters. The van der Waals surface area contributed by atoms with Crippen molar-refractivity contribution in [3.8, 4) is 6.07 Å². The summed E-state index contributed by atoms with van der Waals surface area (Å²) in [5, 5.41) is 22.7. The van der Waals surface area contributed by atoms with Crippen molar-refractivity contribution in [2.75, 3.05) is 23.4 Å². The van der Waals surface area contributed by atoms with E-state index in [1.807, 2.05) is 6.92 Å². The molecule has 0 radical (unpaired) electrons. The van der Waals surface area contributed by atoms with Gasteiger partial charge in [0.15, 0.2) is 0 Å². The summed E-state index contributed by atoms with van der Waals surface area (Å²) >= 11 is 0. The van der Waals surface area contributed by atoms with Crippen molar-refractivity contribution in [3.05, 3.63) is 65.0 Å². The smallest absolute Gasteiger partial charge is 0.382 e. The van der Waals surface area contributed by atoms with E-state index >= 15 is 0 Å². The molecule has 0 spiro atoms. The minimum Gasteiger partial charge on any atom is -0.382 e. The van der Waals surface area contributed by atoms with Gasteiger partial charge in [0.05, 0.1) is 22.9 Å². The standard InChI is InChI=1S/C20H20F4N2O2S/c1-2-9-29(28)13-19(27,15-4-6-16(21)7-5-15)12-26-17-8-3-14(11-25)18(10-17)20(22,23)24/h3-8,10,26-27H,2,9,12-13H2,1H3. The summed E-state index contributed by atoms with van der Waals surface area (Å²) in [4.78, 5) is 0. The Labute approximate surface area is 168 Å². The number of halogens is 4. The van der Waals surface area contributed by atoms with Crippen molar-refractivity contribution >= 4 is 16.5 Å². The molecule has 0 aliphatic heterocycles. The monoisotopic (exact) mass is 428 g/mol. The van der Waals surface area contributed by atoms with Gasteiger partial charge in [0.1, 0.15) is 11.4 Å². The van der Waals surface area contributed by atoms with Gasteiger partial charge < -0.3 is 10.4 Å². The van der Waals surface area contributed by atoms with Crippen LogP contribution in [-0.2, 0) is 22.6 Å². The zero-order valence-corrected chi connectivity index (χ0v) is 16.4. The third-order valence-electron chi connectivity index (χ3n) is 4.24. The Morgan fingerprint density at radius 2 is 1.83 bits per heavy atom. The largest absolute Gasteiger partial charge is 0.417 e. The van der Waals surface area contributed by atoms with Gasteiger partial charge in [0, 0.05) is 28.8 Å². The van der Waals surface area contributed by atoms with Crippen LogP contribution < -0.4 is 5.32 Å². The number of hydrogen-bond acceptors (Lipinski definition) is 4. The summed E-state index contributed by atoms with van der Waals surface area (Å²) in [5.74, 6) is -0.332. The molecule has 2 N–H and O–H groups in total. The van der Waals surface area contributed by atoms with E-state index in [-0.39, 0.29) is 18.0 Å². The third kappa shape index (κ3) is 6.02. The molecule has 4 nitrogen and oxygen atoms in total. The molecule has 0 saturated carbocycles. The van der Waals surface area contributed by atoms with Crippen LogP contribution in [0, 0.1) is 17.1 Å². The van der Waals surface area contributed by atoms with Crippen molar-refractivity contribution in [3.63, 3.8) is 0 Å². The van der Waals surface area contributed by atoms with Gasteiger partial charge in [-0.2, -0.15) is 18.4 Å². The molecule has 0 saturated heterocycles. The Kier molecular flexibility index (Phi) is 7.38. The second-order valence-corrected chi connectivity index (χ2v) is 8.13. The Hall–Kier alpha value is -2.44. The van der Waals surface area contributed by atoms with Crippen LogP contribution in [0.15, 0.2) is 42.5 Å². The van der Waals surface area contributed by atoms with E-state index in [2.05, 4.69) is 5.32 Å². The Morgan fingerprint density at radius 1 is 1.17 bits per heavy atom. The lowest BCUT2D eigenvalue weighted by Gasteiger charge is -2.29. The van der Waals surface area contributed by atoms with Crippen molar-refractivity contribution in [2.45, 2.75) is 25.1 Å². The second-order valence-electron chi connectivity index (χ2n) is 6.55. The Bertz CT molecular complexity index is 910. The lowest BCUT2D eigenvalue weighted by atomic mass is 9.95. The quantitative estimate of drug-likeness (QED) is 0.619. The first-order valence-corrected chi connectivity index (χ1v) is 10.3. The van der Waals surface area contributed by atoms with E-state index in [0.29, 0.717) is 17.7 Å². The highest BCUT2D eigenvalue weighted by atomic mass is 32.2. The molecule has 0 heterocycles. The number of nitriles is 1. The fraction of sp³-hybridized carbons (Fsp3) is 0.350. The molecule has 0 fully saturated rings. The highest BCUT2D eigenvalue weighted by Crippen LogP contribution is 2.34. The lowest BCUT2D eigenvalue weighted by molar-refractivity contribution is -0.137. The number of anilines is 1. The summed E-state index contributed by atoms with van der Waals surface area (Å²) in [5.41, 5.74) is -2.97. The molecule has 0 amide bonds. The maximum absolute atomic E-state index is 13.2. The van der Waals surface area contributed by atoms with Crippen LogP contribution in [0.5, 0.6) is 0 Å². The van der Waals surface area contributed by atoms with E-state index < -0.39 is 39.5 Å². The van der Waals surface area contributed by atoms with E-state index in [0.717, 1.165) is 24.3 Å². The molecule has 0 bridgehead atoms. The van der Waals surface area contributed by atoms with Gasteiger partial charge in [-0.25, -0.2) is 4.39 Å². The van der Waals surface area contributed by atoms with Crippen molar-refractivity contribution in [1.82, 2.24) is 0 Å². The molecular formula is C20H20F4N2O2S. The topological polar surface area (TPSA) is 73.1 Å². The lowest BCUT2D eigenvalue weighted by Crippen LogP contribution is -2.40. The average molecular weight is 428 g/mol. The third-order valence-corrected chi connectivity index (χ3v) is 5.91. The number of nitrogens with zero attached hydrogens (tertiary/aromatic N) is 1. The van der Waals surface area contributed by atoms with Crippen LogP contribution in [0.25, 0.3) is 0 Å². The number of rotatable bonds is 8. The van der Waals surface area contributed by atoms with Crippen LogP contribution in [0.2, 0.25) is 0 Å². The molecular weight excluding hydrogens is 408 g/mol. The molecule has 0 aromatic heterocycles. The van der Waals surface area contributed by atoms with Gasteiger partial charge in [-0.1, -0.05) is 19.1 Å². The zero-order chi connectivity index (χ0) is 21.7. The fourth-order valence-corrected chi connectivity index (χ4v) is 4.20. The number of aliphatic hydroxyl groups is 1. The summed E-state index contributed by atoms with van der Waals surface area (Å²) in [7, 11) is -1.38. The molecule has 0 aliphatic rings. The van der Waals surface area contributed by atoms with Gasteiger partial charge in [0.25, 0.3) is 0 Å². The highest BCUT2D eigenvalue weighted by molar-refractivity contribution is 7.85. The molecule has 29 heavy (non-hydrogen) atoms. The van der Waals surface area contributed by atoms with Gasteiger partial charge >= 0.3 is 6.18 Å². The Morgan fingerprint density at radius 3 is 2.38 bits per heavy atom. The summed E-state index contributed by atoms with van der Waals surface area (Å²) in [6, 6.07) is 9.60. The molecule has 2 aromatic rings. The number of benzene rings is 2. The molecule has 9 heteroatoms. The highest BCUT2D eigenvalue weighted by Gasteiger charge is 2.35. The maximum Gasteiger partial charge on any atom is 0.417 e. The van der Waals surface area contributed by atoms with Crippen LogP contribution in [0.3, 0.4) is 0 Å². The van der Waals surface area contributed by atoms with Gasteiger partial charge in [0.2, 0.25) is 0 Å². The number of nitrogens with one attached hydrogen (secondary N) is 1. The fourth-order valence-electron chi connectivity index (χ4n) is 2.80. The molecule has 0 aliphatic carbocycles. The predicted octanol–water partition coefficient (Wildman–Crippen LogP) is 4.17. The number of hydrogen-bond donors (Lipinski definition) is 2. The van der Waals surface area contributed by atoms with Crippen LogP contribution in [0.4, 0.5) is 23.2 Å². The first-order valence-electron chi connectivity index (χ1n) is 8.77. The first kappa shape index (κ1) is 22.8. The molecule has 2 aromatic carbocycles. The summed E-state index contributed by atoms with van der Waals surface area (Å²) < 4.78 is 64.9. The van der Waals surface area contributed by atoms with Crippen LogP contribution in [0.1, 0.15) is 30.0 Å².